The summed E-state index contributed by atoms with van der Waals surface area (Å²) < 4.78 is 51.0. The molecule has 3 aromatic rings. The molecule has 3 N–H and O–H groups in total. The summed E-state index contributed by atoms with van der Waals surface area (Å²) in [6, 6.07) is 9.35. The molecule has 0 radical (unpaired) electrons. The van der Waals surface area contributed by atoms with Crippen LogP contribution in [0.2, 0.25) is 0 Å². The number of benzene rings is 2. The van der Waals surface area contributed by atoms with Crippen molar-refractivity contribution in [1.29, 1.82) is 0 Å². The molecule has 178 valence electrons. The predicted molar refractivity (Wildman–Crippen MR) is 135 cm³/mol. The maximum Gasteiger partial charge on any atom is 0.348 e. The Morgan fingerprint density at radius 1 is 1.32 bits per heavy atom. The smallest absolute Gasteiger partial charge is 0.339 e. The number of anilines is 2. The highest BCUT2D eigenvalue weighted by Gasteiger charge is 2.35. The minimum absolute atomic E-state index is 0.128. The van der Waals surface area contributed by atoms with Gasteiger partial charge in [0.15, 0.2) is 0 Å². The van der Waals surface area contributed by atoms with Gasteiger partial charge in [-0.25, -0.2) is 4.39 Å². The number of rotatable bonds is 7. The van der Waals surface area contributed by atoms with Gasteiger partial charge in [0.05, 0.1) is 22.1 Å². The molecule has 1 atom stereocenters. The highest BCUT2D eigenvalue weighted by Crippen LogP contribution is 2.51. The van der Waals surface area contributed by atoms with Crippen molar-refractivity contribution >= 4 is 53.2 Å². The molecular weight excluding hydrogens is 478 g/mol. The fourth-order valence-corrected chi connectivity index (χ4v) is 6.15. The lowest BCUT2D eigenvalue weighted by Gasteiger charge is -2.26. The summed E-state index contributed by atoms with van der Waals surface area (Å²) in [4.78, 5) is 13.7. The molecule has 1 aromatic heterocycles. The van der Waals surface area contributed by atoms with Crippen molar-refractivity contribution in [3.05, 3.63) is 63.7 Å². The van der Waals surface area contributed by atoms with Gasteiger partial charge in [-0.3, -0.25) is 9.36 Å². The summed E-state index contributed by atoms with van der Waals surface area (Å²) in [6.07, 6.45) is 3.19. The molecule has 0 amide bonds. The van der Waals surface area contributed by atoms with Gasteiger partial charge in [-0.1, -0.05) is 12.8 Å². The van der Waals surface area contributed by atoms with E-state index in [0.29, 0.717) is 57.8 Å². The lowest BCUT2D eigenvalue weighted by atomic mass is 10.0. The zero-order valence-corrected chi connectivity index (χ0v) is 20.4. The summed E-state index contributed by atoms with van der Waals surface area (Å²) in [5.41, 5.74) is 2.18. The third-order valence-electron chi connectivity index (χ3n) is 6.38. The van der Waals surface area contributed by atoms with Crippen LogP contribution in [0.1, 0.15) is 30.4 Å². The van der Waals surface area contributed by atoms with Gasteiger partial charge in [-0.2, -0.15) is 4.76 Å². The average molecular weight is 503 g/mol. The van der Waals surface area contributed by atoms with E-state index in [-0.39, 0.29) is 17.0 Å². The van der Waals surface area contributed by atoms with Crippen LogP contribution in [0.5, 0.6) is 0 Å². The van der Waals surface area contributed by atoms with Crippen molar-refractivity contribution in [2.45, 2.75) is 32.7 Å². The second kappa shape index (κ2) is 8.85. The first-order valence-electron chi connectivity index (χ1n) is 10.9. The van der Waals surface area contributed by atoms with Crippen molar-refractivity contribution in [2.75, 3.05) is 17.1 Å². The highest BCUT2D eigenvalue weighted by molar-refractivity contribution is 7.95. The number of hydrogen-bond acceptors (Lipinski definition) is 7. The van der Waals surface area contributed by atoms with E-state index in [0.717, 1.165) is 19.3 Å². The molecule has 1 fully saturated rings. The molecular formula is C23H24FN4O4PS. The summed E-state index contributed by atoms with van der Waals surface area (Å²) in [7, 11) is -2.43. The number of nitrogens with zero attached hydrogens (tertiary/aromatic N) is 2. The van der Waals surface area contributed by atoms with E-state index in [9.17, 15) is 13.8 Å². The Hall–Kier alpha value is -2.65. The molecule has 2 aromatic carbocycles. The topological polar surface area (TPSA) is 105 Å². The normalized spacial score (nSPS) is 19.5. The minimum atomic E-state index is -3.73. The van der Waals surface area contributed by atoms with Crippen LogP contribution in [0.4, 0.5) is 15.8 Å². The number of amidine groups is 1. The second-order valence-corrected chi connectivity index (χ2v) is 11.0. The molecule has 0 saturated heterocycles. The minimum Gasteiger partial charge on any atom is -0.339 e. The van der Waals surface area contributed by atoms with Gasteiger partial charge in [-0.05, 0) is 61.2 Å². The van der Waals surface area contributed by atoms with Crippen LogP contribution in [-0.2, 0) is 15.6 Å². The van der Waals surface area contributed by atoms with Crippen molar-refractivity contribution in [3.63, 3.8) is 0 Å². The van der Waals surface area contributed by atoms with Gasteiger partial charge >= 0.3 is 7.52 Å². The van der Waals surface area contributed by atoms with E-state index in [1.807, 2.05) is 0 Å². The lowest BCUT2D eigenvalue weighted by molar-refractivity contribution is 0.404. The maximum atomic E-state index is 14.2. The van der Waals surface area contributed by atoms with Crippen molar-refractivity contribution in [1.82, 2.24) is 4.57 Å². The molecule has 2 aliphatic rings. The van der Waals surface area contributed by atoms with Crippen molar-refractivity contribution < 1.29 is 18.0 Å². The number of nitrogens with one attached hydrogen (secondary N) is 2. The highest BCUT2D eigenvalue weighted by atomic mass is 32.2. The third kappa shape index (κ3) is 4.05. The molecule has 1 aliphatic heterocycles. The molecule has 1 aliphatic carbocycles. The second-order valence-electron chi connectivity index (χ2n) is 8.55. The molecule has 8 nitrogen and oxygen atoms in total. The monoisotopic (exact) mass is 502 g/mol. The summed E-state index contributed by atoms with van der Waals surface area (Å²) in [5, 5.41) is 4.05. The van der Waals surface area contributed by atoms with E-state index >= 15 is 0 Å². The molecule has 1 saturated carbocycles. The zero-order chi connectivity index (χ0) is 24.0. The first-order valence-corrected chi connectivity index (χ1v) is 13.3. The Morgan fingerprint density at radius 2 is 2.12 bits per heavy atom. The van der Waals surface area contributed by atoms with Crippen LogP contribution in [0, 0.1) is 18.7 Å². The van der Waals surface area contributed by atoms with Crippen molar-refractivity contribution in [2.24, 2.45) is 10.7 Å². The number of fused-ring (bicyclic) bond motifs is 2. The molecule has 34 heavy (non-hydrogen) atoms. The Bertz CT molecular complexity index is 1440. The number of aryl methyl sites for hydroxylation is 2. The Morgan fingerprint density at radius 3 is 2.82 bits per heavy atom. The number of aromatic nitrogens is 1. The fourth-order valence-electron chi connectivity index (χ4n) is 4.38. The zero-order valence-electron chi connectivity index (χ0n) is 18.7. The van der Waals surface area contributed by atoms with E-state index < -0.39 is 13.3 Å². The lowest BCUT2D eigenvalue weighted by Crippen LogP contribution is -2.34. The van der Waals surface area contributed by atoms with Crippen LogP contribution in [0.3, 0.4) is 0 Å². The van der Waals surface area contributed by atoms with Crippen LogP contribution >= 0.6 is 19.7 Å². The first-order chi connectivity index (χ1) is 16.3. The number of halogens is 1. The number of hydrogen-bond donors (Lipinski definition) is 3. The van der Waals surface area contributed by atoms with Gasteiger partial charge < -0.3 is 23.7 Å². The molecule has 1 unspecified atom stereocenters. The SMILES string of the molecule is COP1(=O)N=C(c2c(C)c3cc(F)ccc3n(CCC3CC3)c2=O)Nc2ccc(NSO)cc21. The Labute approximate surface area is 200 Å². The summed E-state index contributed by atoms with van der Waals surface area (Å²) >= 11 is 0.418. The fraction of sp³-hybridized carbons (Fsp3) is 0.304. The number of pyridine rings is 1. The Balaban J connectivity index is 1.70. The van der Waals surface area contributed by atoms with Gasteiger partial charge in [0.1, 0.15) is 23.9 Å². The van der Waals surface area contributed by atoms with Crippen LogP contribution < -0.4 is 20.9 Å². The quantitative estimate of drug-likeness (QED) is 0.234. The maximum absolute atomic E-state index is 14.2. The standard InChI is InChI=1S/C23H24FN4O4PS/c1-13-17-11-15(24)5-8-19(17)28(10-9-14-3-4-14)23(29)21(13)22-25-18-7-6-16(27-34-31)12-20(18)33(30,26-22)32-2/h5-8,11-12,14,27,31H,3-4,9-10H2,1-2H3,(H,25,26,30). The van der Waals surface area contributed by atoms with Gasteiger partial charge in [0, 0.05) is 24.7 Å². The molecule has 11 heteroatoms. The van der Waals surface area contributed by atoms with Crippen molar-refractivity contribution in [3.8, 4) is 0 Å². The average Bonchev–Trinajstić information content (AvgIpc) is 3.64. The molecule has 2 heterocycles. The van der Waals surface area contributed by atoms with Crippen LogP contribution in [0.25, 0.3) is 10.9 Å². The summed E-state index contributed by atoms with van der Waals surface area (Å²) in [6.45, 7) is 2.26. The molecule has 5 rings (SSSR count). The van der Waals surface area contributed by atoms with Gasteiger partial charge in [-0.15, -0.1) is 0 Å². The third-order valence-corrected chi connectivity index (χ3v) is 8.64. The molecule has 0 spiro atoms. The van der Waals surface area contributed by atoms with Crippen LogP contribution in [-0.4, -0.2) is 22.1 Å². The largest absolute Gasteiger partial charge is 0.348 e. The van der Waals surface area contributed by atoms with Gasteiger partial charge in [0.2, 0.25) is 0 Å². The van der Waals surface area contributed by atoms with Crippen LogP contribution in [0.15, 0.2) is 46.0 Å². The summed E-state index contributed by atoms with van der Waals surface area (Å²) in [5.74, 6) is 0.337. The predicted octanol–water partition coefficient (Wildman–Crippen LogP) is 5.12. The van der Waals surface area contributed by atoms with Gasteiger partial charge in [0.25, 0.3) is 5.56 Å². The Kier molecular flexibility index (Phi) is 6.02. The first kappa shape index (κ1) is 23.1. The van der Waals surface area contributed by atoms with E-state index in [1.54, 1.807) is 35.8 Å². The molecule has 0 bridgehead atoms. The van der Waals surface area contributed by atoms with E-state index in [1.165, 1.54) is 19.2 Å². The van der Waals surface area contributed by atoms with E-state index in [4.69, 9.17) is 9.08 Å². The van der Waals surface area contributed by atoms with E-state index in [2.05, 4.69) is 14.8 Å².